The summed E-state index contributed by atoms with van der Waals surface area (Å²) in [5.74, 6) is 0.639. The third-order valence-electron chi connectivity index (χ3n) is 4.69. The van der Waals surface area contributed by atoms with Crippen molar-refractivity contribution >= 4 is 35.1 Å². The van der Waals surface area contributed by atoms with E-state index >= 15 is 0 Å². The van der Waals surface area contributed by atoms with Crippen molar-refractivity contribution in [3.05, 3.63) is 65.3 Å². The monoisotopic (exact) mass is 457 g/mol. The first-order valence-electron chi connectivity index (χ1n) is 10.1. The summed E-state index contributed by atoms with van der Waals surface area (Å²) in [7, 11) is 5.88. The van der Waals surface area contributed by atoms with Crippen LogP contribution in [0.2, 0.25) is 5.15 Å². The van der Waals surface area contributed by atoms with E-state index < -0.39 is 0 Å². The lowest BCUT2D eigenvalue weighted by atomic mass is 10.1. The second-order valence-electron chi connectivity index (χ2n) is 7.43. The summed E-state index contributed by atoms with van der Waals surface area (Å²) in [5, 5.41) is 11.1. The Bertz CT molecular complexity index is 1010. The number of benzene rings is 2. The van der Waals surface area contributed by atoms with Crippen LogP contribution in [-0.4, -0.2) is 47.9 Å². The second-order valence-corrected chi connectivity index (χ2v) is 8.81. The average molecular weight is 458 g/mol. The Morgan fingerprint density at radius 1 is 1.13 bits per heavy atom. The van der Waals surface area contributed by atoms with Gasteiger partial charge in [0, 0.05) is 35.4 Å². The van der Waals surface area contributed by atoms with E-state index in [4.69, 9.17) is 11.6 Å². The normalized spacial score (nSPS) is 11.0. The van der Waals surface area contributed by atoms with Gasteiger partial charge >= 0.3 is 6.03 Å². The summed E-state index contributed by atoms with van der Waals surface area (Å²) in [6.07, 6.45) is 0.901. The van der Waals surface area contributed by atoms with Crippen molar-refractivity contribution in [1.29, 1.82) is 0 Å². The molecule has 1 heterocycles. The molecule has 0 bridgehead atoms. The van der Waals surface area contributed by atoms with Crippen LogP contribution in [0.25, 0.3) is 11.3 Å². The van der Waals surface area contributed by atoms with Gasteiger partial charge in [-0.25, -0.2) is 4.79 Å². The number of halogens is 1. The van der Waals surface area contributed by atoms with Crippen molar-refractivity contribution < 1.29 is 4.79 Å². The molecule has 0 aliphatic rings. The van der Waals surface area contributed by atoms with Crippen LogP contribution in [0.3, 0.4) is 0 Å². The number of nitrogens with one attached hydrogen (secondary N) is 2. The van der Waals surface area contributed by atoms with Gasteiger partial charge in [-0.1, -0.05) is 54.1 Å². The Balaban J connectivity index is 1.68. The van der Waals surface area contributed by atoms with Crippen molar-refractivity contribution in [3.63, 3.8) is 0 Å². The number of thioether (sulfide) groups is 1. The lowest BCUT2D eigenvalue weighted by Gasteiger charge is -2.13. The topological polar surface area (TPSA) is 62.2 Å². The van der Waals surface area contributed by atoms with Gasteiger partial charge in [-0.05, 0) is 39.2 Å². The number of urea groups is 1. The molecule has 0 saturated heterocycles. The quantitative estimate of drug-likeness (QED) is 0.346. The van der Waals surface area contributed by atoms with Crippen LogP contribution in [0.1, 0.15) is 12.0 Å². The molecule has 6 nitrogen and oxygen atoms in total. The summed E-state index contributed by atoms with van der Waals surface area (Å²) >= 11 is 8.18. The van der Waals surface area contributed by atoms with Crippen LogP contribution < -0.4 is 10.6 Å². The number of anilines is 1. The maximum Gasteiger partial charge on any atom is 0.319 e. The summed E-state index contributed by atoms with van der Waals surface area (Å²) in [5.41, 5.74) is 3.66. The van der Waals surface area contributed by atoms with Crippen LogP contribution >= 0.6 is 23.4 Å². The molecule has 3 aromatic rings. The van der Waals surface area contributed by atoms with Crippen LogP contribution in [0.5, 0.6) is 0 Å². The van der Waals surface area contributed by atoms with Gasteiger partial charge in [-0.3, -0.25) is 4.68 Å². The van der Waals surface area contributed by atoms with E-state index in [1.165, 1.54) is 0 Å². The van der Waals surface area contributed by atoms with E-state index in [1.807, 2.05) is 75.7 Å². The standard InChI is InChI=1S/C23H28ClN5OS/c1-28(2)15-9-14-25-23(30)26-19-12-7-8-13-20(19)31-16-18-21(27-29(3)22(18)24)17-10-5-4-6-11-17/h4-8,10-13H,9,14-16H2,1-3H3,(H2,25,26,30). The zero-order valence-electron chi connectivity index (χ0n) is 18.1. The molecule has 0 atom stereocenters. The number of nitrogens with zero attached hydrogens (tertiary/aromatic N) is 3. The number of aryl methyl sites for hydroxylation is 1. The number of rotatable bonds is 9. The highest BCUT2D eigenvalue weighted by Crippen LogP contribution is 2.36. The number of aromatic nitrogens is 2. The Labute approximate surface area is 193 Å². The van der Waals surface area contributed by atoms with Crippen LogP contribution in [-0.2, 0) is 12.8 Å². The zero-order valence-corrected chi connectivity index (χ0v) is 19.6. The fraction of sp³-hybridized carbons (Fsp3) is 0.304. The van der Waals surface area contributed by atoms with Crippen molar-refractivity contribution in [2.75, 3.05) is 32.5 Å². The van der Waals surface area contributed by atoms with Gasteiger partial charge in [0.15, 0.2) is 0 Å². The predicted octanol–water partition coefficient (Wildman–Crippen LogP) is 5.11. The van der Waals surface area contributed by atoms with Gasteiger partial charge in [0.1, 0.15) is 5.15 Å². The van der Waals surface area contributed by atoms with Gasteiger partial charge < -0.3 is 15.5 Å². The number of carbonyl (C=O) groups is 1. The molecule has 0 saturated carbocycles. The van der Waals surface area contributed by atoms with E-state index in [2.05, 4.69) is 20.6 Å². The number of hydrogen-bond donors (Lipinski definition) is 2. The molecule has 0 spiro atoms. The van der Waals surface area contributed by atoms with E-state index in [1.54, 1.807) is 16.4 Å². The first-order chi connectivity index (χ1) is 15.0. The molecule has 0 unspecified atom stereocenters. The van der Waals surface area contributed by atoms with Crippen LogP contribution in [0.4, 0.5) is 10.5 Å². The van der Waals surface area contributed by atoms with Crippen LogP contribution in [0, 0.1) is 0 Å². The molecule has 0 fully saturated rings. The van der Waals surface area contributed by atoms with Crippen molar-refractivity contribution in [2.45, 2.75) is 17.1 Å². The highest BCUT2D eigenvalue weighted by molar-refractivity contribution is 7.98. The number of hydrogen-bond acceptors (Lipinski definition) is 4. The molecular weight excluding hydrogens is 430 g/mol. The van der Waals surface area contributed by atoms with Crippen LogP contribution in [0.15, 0.2) is 59.5 Å². The Morgan fingerprint density at radius 2 is 1.84 bits per heavy atom. The minimum Gasteiger partial charge on any atom is -0.338 e. The van der Waals surface area contributed by atoms with Gasteiger partial charge in [0.2, 0.25) is 0 Å². The van der Waals surface area contributed by atoms with Crippen molar-refractivity contribution in [1.82, 2.24) is 20.0 Å². The van der Waals surface area contributed by atoms with Crippen molar-refractivity contribution in [3.8, 4) is 11.3 Å². The third kappa shape index (κ3) is 6.50. The van der Waals surface area contributed by atoms with E-state index in [0.717, 1.165) is 40.4 Å². The lowest BCUT2D eigenvalue weighted by Crippen LogP contribution is -2.31. The largest absolute Gasteiger partial charge is 0.338 e. The number of amides is 2. The molecule has 1 aromatic heterocycles. The fourth-order valence-electron chi connectivity index (χ4n) is 3.11. The third-order valence-corrected chi connectivity index (χ3v) is 6.26. The molecule has 3 rings (SSSR count). The molecule has 0 radical (unpaired) electrons. The van der Waals surface area contributed by atoms with E-state index in [0.29, 0.717) is 17.5 Å². The first-order valence-corrected chi connectivity index (χ1v) is 11.5. The van der Waals surface area contributed by atoms with Gasteiger partial charge in [-0.2, -0.15) is 5.10 Å². The predicted molar refractivity (Wildman–Crippen MR) is 130 cm³/mol. The molecule has 0 aliphatic carbocycles. The van der Waals surface area contributed by atoms with E-state index in [-0.39, 0.29) is 6.03 Å². The summed E-state index contributed by atoms with van der Waals surface area (Å²) in [6, 6.07) is 17.6. The maximum absolute atomic E-state index is 12.3. The Kier molecular flexibility index (Phi) is 8.40. The van der Waals surface area contributed by atoms with E-state index in [9.17, 15) is 4.79 Å². The van der Waals surface area contributed by atoms with Gasteiger partial charge in [-0.15, -0.1) is 11.8 Å². The summed E-state index contributed by atoms with van der Waals surface area (Å²) in [6.45, 7) is 1.56. The zero-order chi connectivity index (χ0) is 22.2. The van der Waals surface area contributed by atoms with Gasteiger partial charge in [0.25, 0.3) is 0 Å². The molecule has 2 aromatic carbocycles. The smallest absolute Gasteiger partial charge is 0.319 e. The summed E-state index contributed by atoms with van der Waals surface area (Å²) < 4.78 is 1.70. The van der Waals surface area contributed by atoms with Crippen molar-refractivity contribution in [2.24, 2.45) is 7.05 Å². The minimum absolute atomic E-state index is 0.198. The lowest BCUT2D eigenvalue weighted by molar-refractivity contribution is 0.251. The molecule has 2 amide bonds. The Hall–Kier alpha value is -2.48. The Morgan fingerprint density at radius 3 is 2.58 bits per heavy atom. The maximum atomic E-state index is 12.3. The molecule has 8 heteroatoms. The molecule has 164 valence electrons. The SMILES string of the molecule is CN(C)CCCNC(=O)Nc1ccccc1SCc1c(-c2ccccc2)nn(C)c1Cl. The number of para-hydroxylation sites is 1. The number of carbonyl (C=O) groups excluding carboxylic acids is 1. The molecule has 0 aliphatic heterocycles. The fourth-order valence-corrected chi connectivity index (χ4v) is 4.41. The molecule has 31 heavy (non-hydrogen) atoms. The minimum atomic E-state index is -0.198. The molecule has 2 N–H and O–H groups in total. The average Bonchev–Trinajstić information content (AvgIpc) is 3.05. The second kappa shape index (κ2) is 11.2. The summed E-state index contributed by atoms with van der Waals surface area (Å²) in [4.78, 5) is 15.4. The highest BCUT2D eigenvalue weighted by Gasteiger charge is 2.17. The highest BCUT2D eigenvalue weighted by atomic mass is 35.5. The first kappa shape index (κ1) is 23.2. The van der Waals surface area contributed by atoms with Gasteiger partial charge in [0.05, 0.1) is 11.4 Å². The molecular formula is C23H28ClN5OS.